The minimum absolute atomic E-state index is 0.0582. The Kier molecular flexibility index (Phi) is 5.62. The maximum Gasteiger partial charge on any atom is 0.133 e. The minimum atomic E-state index is -0.293. The first kappa shape index (κ1) is 16.3. The molecule has 0 aliphatic heterocycles. The van der Waals surface area contributed by atoms with E-state index in [1.807, 2.05) is 25.1 Å². The molecule has 2 nitrogen and oxygen atoms in total. The van der Waals surface area contributed by atoms with Crippen LogP contribution in [0.4, 0.5) is 4.39 Å². The minimum Gasteiger partial charge on any atom is -0.496 e. The van der Waals surface area contributed by atoms with Gasteiger partial charge >= 0.3 is 0 Å². The summed E-state index contributed by atoms with van der Waals surface area (Å²) in [5.41, 5.74) is 1.56. The van der Waals surface area contributed by atoms with Gasteiger partial charge in [0.1, 0.15) is 11.6 Å². The van der Waals surface area contributed by atoms with Crippen LogP contribution >= 0.6 is 27.5 Å². The maximum absolute atomic E-state index is 13.7. The van der Waals surface area contributed by atoms with E-state index in [-0.39, 0.29) is 11.9 Å². The highest BCUT2D eigenvalue weighted by molar-refractivity contribution is 9.10. The van der Waals surface area contributed by atoms with E-state index < -0.39 is 0 Å². The molecule has 0 aromatic heterocycles. The van der Waals surface area contributed by atoms with Crippen molar-refractivity contribution in [3.05, 3.63) is 62.8 Å². The lowest BCUT2D eigenvalue weighted by Gasteiger charge is -2.16. The Hall–Kier alpha value is -1.10. The molecule has 2 aromatic rings. The van der Waals surface area contributed by atoms with Gasteiger partial charge in [0.2, 0.25) is 0 Å². The lowest BCUT2D eigenvalue weighted by Crippen LogP contribution is -2.19. The van der Waals surface area contributed by atoms with Crippen molar-refractivity contribution in [1.29, 1.82) is 0 Å². The van der Waals surface area contributed by atoms with Crippen molar-refractivity contribution in [2.45, 2.75) is 19.5 Å². The Labute approximate surface area is 137 Å². The topological polar surface area (TPSA) is 21.3 Å². The summed E-state index contributed by atoms with van der Waals surface area (Å²) in [5.74, 6) is 0.487. The number of nitrogens with one attached hydrogen (secondary N) is 1. The number of ether oxygens (including phenoxy) is 1. The Balaban J connectivity index is 2.08. The van der Waals surface area contributed by atoms with Crippen LogP contribution in [0.1, 0.15) is 24.1 Å². The van der Waals surface area contributed by atoms with Crippen molar-refractivity contribution < 1.29 is 9.13 Å². The molecule has 5 heteroatoms. The maximum atomic E-state index is 13.7. The molecule has 0 saturated heterocycles. The molecule has 1 unspecified atom stereocenters. The van der Waals surface area contributed by atoms with Crippen molar-refractivity contribution in [3.63, 3.8) is 0 Å². The van der Waals surface area contributed by atoms with Crippen LogP contribution < -0.4 is 10.1 Å². The third-order valence-electron chi connectivity index (χ3n) is 3.32. The first-order valence-corrected chi connectivity index (χ1v) is 7.69. The molecule has 0 amide bonds. The zero-order valence-electron chi connectivity index (χ0n) is 11.8. The molecule has 0 bridgehead atoms. The first-order valence-electron chi connectivity index (χ1n) is 6.52. The van der Waals surface area contributed by atoms with Crippen LogP contribution in [0.5, 0.6) is 5.75 Å². The van der Waals surface area contributed by atoms with Crippen molar-refractivity contribution in [1.82, 2.24) is 5.32 Å². The van der Waals surface area contributed by atoms with Crippen LogP contribution in [0, 0.1) is 5.82 Å². The summed E-state index contributed by atoms with van der Waals surface area (Å²) in [5, 5.41) is 3.71. The van der Waals surface area contributed by atoms with E-state index in [9.17, 15) is 4.39 Å². The van der Waals surface area contributed by atoms with E-state index in [4.69, 9.17) is 16.3 Å². The second-order valence-electron chi connectivity index (χ2n) is 4.70. The van der Waals surface area contributed by atoms with Gasteiger partial charge in [0.15, 0.2) is 0 Å². The van der Waals surface area contributed by atoms with Crippen LogP contribution in [0.3, 0.4) is 0 Å². The number of hydrogen-bond donors (Lipinski definition) is 1. The smallest absolute Gasteiger partial charge is 0.133 e. The molecule has 0 spiro atoms. The van der Waals surface area contributed by atoms with E-state index in [2.05, 4.69) is 21.2 Å². The molecule has 0 aliphatic rings. The quantitative estimate of drug-likeness (QED) is 0.788. The Morgan fingerprint density at radius 3 is 2.71 bits per heavy atom. The number of rotatable bonds is 5. The van der Waals surface area contributed by atoms with E-state index >= 15 is 0 Å². The zero-order valence-corrected chi connectivity index (χ0v) is 14.1. The summed E-state index contributed by atoms with van der Waals surface area (Å²) >= 11 is 9.48. The van der Waals surface area contributed by atoms with Gasteiger partial charge in [-0.1, -0.05) is 23.7 Å². The summed E-state index contributed by atoms with van der Waals surface area (Å²) in [6.45, 7) is 2.39. The molecule has 0 heterocycles. The number of halogens is 3. The molecule has 1 N–H and O–H groups in total. The molecule has 2 rings (SSSR count). The monoisotopic (exact) mass is 371 g/mol. The van der Waals surface area contributed by atoms with Crippen LogP contribution in [0.25, 0.3) is 0 Å². The average molecular weight is 373 g/mol. The molecule has 2 aromatic carbocycles. The molecule has 0 fully saturated rings. The highest BCUT2D eigenvalue weighted by Crippen LogP contribution is 2.28. The molecular weight excluding hydrogens is 357 g/mol. The number of methoxy groups -OCH3 is 1. The second-order valence-corrected chi connectivity index (χ2v) is 5.96. The molecule has 0 saturated carbocycles. The summed E-state index contributed by atoms with van der Waals surface area (Å²) in [6, 6.07) is 10.6. The van der Waals surface area contributed by atoms with E-state index in [0.29, 0.717) is 17.1 Å². The SMILES string of the molecule is COc1ccc(C(C)NCc2c(F)cccc2Cl)cc1Br. The van der Waals surface area contributed by atoms with Crippen LogP contribution in [0.15, 0.2) is 40.9 Å². The van der Waals surface area contributed by atoms with Crippen molar-refractivity contribution >= 4 is 27.5 Å². The van der Waals surface area contributed by atoms with E-state index in [1.54, 1.807) is 19.2 Å². The fraction of sp³-hybridized carbons (Fsp3) is 0.250. The Morgan fingerprint density at radius 1 is 1.33 bits per heavy atom. The molecular formula is C16H16BrClFNO. The lowest BCUT2D eigenvalue weighted by atomic mass is 10.1. The predicted octanol–water partition coefficient (Wildman–Crippen LogP) is 5.10. The first-order chi connectivity index (χ1) is 10.0. The number of hydrogen-bond acceptors (Lipinski definition) is 2. The summed E-state index contributed by atoms with van der Waals surface area (Å²) in [4.78, 5) is 0. The van der Waals surface area contributed by atoms with Crippen molar-refractivity contribution in [3.8, 4) is 5.75 Å². The van der Waals surface area contributed by atoms with Gasteiger partial charge < -0.3 is 10.1 Å². The van der Waals surface area contributed by atoms with Crippen LogP contribution in [0.2, 0.25) is 5.02 Å². The Bertz CT molecular complexity index is 615. The van der Waals surface area contributed by atoms with Gasteiger partial charge in [-0.2, -0.15) is 0 Å². The average Bonchev–Trinajstić information content (AvgIpc) is 2.46. The van der Waals surface area contributed by atoms with E-state index in [0.717, 1.165) is 15.8 Å². The molecule has 1 atom stereocenters. The van der Waals surface area contributed by atoms with Gasteiger partial charge in [0.05, 0.1) is 11.6 Å². The standard InChI is InChI=1S/C16H16BrClFNO/c1-10(11-6-7-16(21-2)13(17)8-11)20-9-12-14(18)4-3-5-15(12)19/h3-8,10,20H,9H2,1-2H3. The summed E-state index contributed by atoms with van der Waals surface area (Å²) < 4.78 is 19.8. The van der Waals surface area contributed by atoms with Gasteiger partial charge in [-0.3, -0.25) is 0 Å². The highest BCUT2D eigenvalue weighted by atomic mass is 79.9. The zero-order chi connectivity index (χ0) is 15.4. The third kappa shape index (κ3) is 3.96. The predicted molar refractivity (Wildman–Crippen MR) is 87.4 cm³/mol. The van der Waals surface area contributed by atoms with Gasteiger partial charge in [-0.25, -0.2) is 4.39 Å². The summed E-state index contributed by atoms with van der Waals surface area (Å²) in [6.07, 6.45) is 0. The largest absolute Gasteiger partial charge is 0.496 e. The normalized spacial score (nSPS) is 12.2. The molecule has 0 radical (unpaired) electrons. The van der Waals surface area contributed by atoms with E-state index in [1.165, 1.54) is 6.07 Å². The second kappa shape index (κ2) is 7.25. The fourth-order valence-corrected chi connectivity index (χ4v) is 2.81. The van der Waals surface area contributed by atoms with Crippen molar-refractivity contribution in [2.75, 3.05) is 7.11 Å². The molecule has 112 valence electrons. The number of benzene rings is 2. The molecule has 0 aliphatic carbocycles. The fourth-order valence-electron chi connectivity index (χ4n) is 2.03. The van der Waals surface area contributed by atoms with Gasteiger partial charge in [-0.05, 0) is 52.7 Å². The lowest BCUT2D eigenvalue weighted by molar-refractivity contribution is 0.411. The Morgan fingerprint density at radius 2 is 2.10 bits per heavy atom. The van der Waals surface area contributed by atoms with Crippen LogP contribution in [-0.2, 0) is 6.54 Å². The van der Waals surface area contributed by atoms with Gasteiger partial charge in [-0.15, -0.1) is 0 Å². The van der Waals surface area contributed by atoms with Gasteiger partial charge in [0.25, 0.3) is 0 Å². The summed E-state index contributed by atoms with van der Waals surface area (Å²) in [7, 11) is 1.63. The third-order valence-corrected chi connectivity index (χ3v) is 4.30. The highest BCUT2D eigenvalue weighted by Gasteiger charge is 2.11. The van der Waals surface area contributed by atoms with Gasteiger partial charge in [0, 0.05) is 23.2 Å². The van der Waals surface area contributed by atoms with Crippen molar-refractivity contribution in [2.24, 2.45) is 0 Å². The van der Waals surface area contributed by atoms with Crippen LogP contribution in [-0.4, -0.2) is 7.11 Å². The molecule has 21 heavy (non-hydrogen) atoms.